The molecule has 4 rings (SSSR count). The first-order valence-corrected chi connectivity index (χ1v) is 9.42. The van der Waals surface area contributed by atoms with Crippen molar-refractivity contribution in [2.75, 3.05) is 12.0 Å². The molecule has 2 heterocycles. The Bertz CT molecular complexity index is 1220. The third-order valence-corrected chi connectivity index (χ3v) is 5.05. The van der Waals surface area contributed by atoms with Gasteiger partial charge >= 0.3 is 0 Å². The first kappa shape index (κ1) is 16.1. The van der Waals surface area contributed by atoms with Gasteiger partial charge in [-0.3, -0.25) is 0 Å². The van der Waals surface area contributed by atoms with Crippen LogP contribution in [0.1, 0.15) is 0 Å². The minimum absolute atomic E-state index is 0.124. The van der Waals surface area contributed by atoms with Gasteiger partial charge in [-0.25, -0.2) is 18.4 Å². The van der Waals surface area contributed by atoms with E-state index in [1.807, 2.05) is 18.2 Å². The molecule has 0 radical (unpaired) electrons. The van der Waals surface area contributed by atoms with Crippen LogP contribution in [0.15, 0.2) is 47.5 Å². The molecule has 4 aromatic rings. The summed E-state index contributed by atoms with van der Waals surface area (Å²) in [7, 11) is -3.51. The van der Waals surface area contributed by atoms with Gasteiger partial charge in [0.25, 0.3) is 0 Å². The van der Waals surface area contributed by atoms with Crippen LogP contribution in [0.25, 0.3) is 33.4 Å². The Morgan fingerprint density at radius 3 is 2.73 bits per heavy atom. The highest BCUT2D eigenvalue weighted by Crippen LogP contribution is 2.36. The van der Waals surface area contributed by atoms with E-state index in [0.29, 0.717) is 16.6 Å². The predicted molar refractivity (Wildman–Crippen MR) is 95.7 cm³/mol. The van der Waals surface area contributed by atoms with Crippen molar-refractivity contribution in [1.82, 2.24) is 30.6 Å². The molecule has 0 fully saturated rings. The van der Waals surface area contributed by atoms with Crippen LogP contribution in [0.4, 0.5) is 5.95 Å². The number of anilines is 1. The Morgan fingerprint density at radius 2 is 2.00 bits per heavy atom. The average molecular weight is 367 g/mol. The highest BCUT2D eigenvalue weighted by atomic mass is 32.2. The highest BCUT2D eigenvalue weighted by Gasteiger charge is 2.22. The second-order valence-corrected chi connectivity index (χ2v) is 7.67. The number of nitrogens with one attached hydrogen (secondary N) is 1. The van der Waals surface area contributed by atoms with E-state index in [4.69, 9.17) is 5.73 Å². The number of aromatic amines is 1. The molecule has 0 saturated heterocycles. The molecular weight excluding hydrogens is 354 g/mol. The van der Waals surface area contributed by atoms with E-state index in [2.05, 4.69) is 30.6 Å². The smallest absolute Gasteiger partial charge is 0.220 e. The Hall–Kier alpha value is -3.40. The molecule has 0 aliphatic carbocycles. The molecule has 130 valence electrons. The largest absolute Gasteiger partial charge is 0.368 e. The number of nitrogens with zero attached hydrogens (tertiary/aromatic N) is 5. The highest BCUT2D eigenvalue weighted by molar-refractivity contribution is 7.90. The first-order chi connectivity index (χ1) is 12.4. The van der Waals surface area contributed by atoms with Crippen molar-refractivity contribution in [2.45, 2.75) is 4.90 Å². The number of hydrogen-bond donors (Lipinski definition) is 2. The molecule has 0 spiro atoms. The molecule has 0 saturated carbocycles. The van der Waals surface area contributed by atoms with E-state index in [1.165, 1.54) is 6.07 Å². The van der Waals surface area contributed by atoms with Gasteiger partial charge in [0.15, 0.2) is 9.84 Å². The summed E-state index contributed by atoms with van der Waals surface area (Å²) in [6.45, 7) is 0. The summed E-state index contributed by atoms with van der Waals surface area (Å²) in [6, 6.07) is 10.5. The third-order valence-electron chi connectivity index (χ3n) is 3.91. The number of nitrogens with two attached hydrogens (primary N) is 1. The van der Waals surface area contributed by atoms with Crippen molar-refractivity contribution >= 4 is 26.7 Å². The van der Waals surface area contributed by atoms with Gasteiger partial charge in [-0.15, -0.1) is 10.2 Å². The zero-order valence-electron chi connectivity index (χ0n) is 13.6. The summed E-state index contributed by atoms with van der Waals surface area (Å²) in [5.41, 5.74) is 8.10. The van der Waals surface area contributed by atoms with E-state index >= 15 is 0 Å². The van der Waals surface area contributed by atoms with Gasteiger partial charge in [-0.2, -0.15) is 5.21 Å². The van der Waals surface area contributed by atoms with Crippen molar-refractivity contribution in [2.24, 2.45) is 0 Å². The maximum absolute atomic E-state index is 12.3. The molecular formula is C16H13N7O2S. The summed E-state index contributed by atoms with van der Waals surface area (Å²) in [5.74, 6) is 0.362. The van der Waals surface area contributed by atoms with Gasteiger partial charge in [0.2, 0.25) is 11.8 Å². The first-order valence-electron chi connectivity index (χ1n) is 7.53. The molecule has 0 aliphatic heterocycles. The fraction of sp³-hybridized carbons (Fsp3) is 0.0625. The number of tetrazole rings is 1. The van der Waals surface area contributed by atoms with Gasteiger partial charge < -0.3 is 5.73 Å². The van der Waals surface area contributed by atoms with Gasteiger partial charge in [-0.1, -0.05) is 24.3 Å². The summed E-state index contributed by atoms with van der Waals surface area (Å²) in [5, 5.41) is 14.7. The summed E-state index contributed by atoms with van der Waals surface area (Å²) in [4.78, 5) is 8.32. The van der Waals surface area contributed by atoms with Crippen LogP contribution in [-0.2, 0) is 9.84 Å². The Labute approximate surface area is 148 Å². The molecule has 2 aromatic heterocycles. The van der Waals surface area contributed by atoms with Crippen molar-refractivity contribution in [3.05, 3.63) is 42.6 Å². The number of fused-ring (bicyclic) bond motifs is 1. The Balaban J connectivity index is 2.03. The van der Waals surface area contributed by atoms with Crippen LogP contribution in [0, 0.1) is 0 Å². The Kier molecular flexibility index (Phi) is 3.62. The van der Waals surface area contributed by atoms with Crippen molar-refractivity contribution in [3.8, 4) is 22.5 Å². The van der Waals surface area contributed by atoms with Crippen LogP contribution in [0.5, 0.6) is 0 Å². The van der Waals surface area contributed by atoms with Crippen LogP contribution < -0.4 is 5.73 Å². The molecule has 0 atom stereocenters. The standard InChI is InChI=1S/C16H13N7O2S/c1-26(24,25)13-4-2-3-11(14(13)15-20-22-23-21-15)9-5-6-10-8-18-16(17)19-12(10)7-9/h2-8H,1H3,(H2,17,18,19)(H,20,21,22,23). The van der Waals surface area contributed by atoms with Crippen LogP contribution >= 0.6 is 0 Å². The van der Waals surface area contributed by atoms with E-state index in [-0.39, 0.29) is 16.7 Å². The molecule has 10 heteroatoms. The minimum atomic E-state index is -3.51. The van der Waals surface area contributed by atoms with Gasteiger partial charge in [0.05, 0.1) is 10.4 Å². The maximum atomic E-state index is 12.3. The predicted octanol–water partition coefficient (Wildman–Crippen LogP) is 1.46. The summed E-state index contributed by atoms with van der Waals surface area (Å²) in [6.07, 6.45) is 2.78. The molecule has 0 bridgehead atoms. The van der Waals surface area contributed by atoms with E-state index in [9.17, 15) is 8.42 Å². The third kappa shape index (κ3) is 2.75. The number of aromatic nitrogens is 6. The lowest BCUT2D eigenvalue weighted by Crippen LogP contribution is -2.02. The quantitative estimate of drug-likeness (QED) is 0.554. The van der Waals surface area contributed by atoms with Crippen LogP contribution in [0.3, 0.4) is 0 Å². The lowest BCUT2D eigenvalue weighted by atomic mass is 9.98. The fourth-order valence-electron chi connectivity index (χ4n) is 2.78. The number of H-pyrrole nitrogens is 1. The summed E-state index contributed by atoms with van der Waals surface area (Å²) < 4.78 is 24.5. The number of hydrogen-bond acceptors (Lipinski definition) is 8. The van der Waals surface area contributed by atoms with Crippen molar-refractivity contribution < 1.29 is 8.42 Å². The second-order valence-electron chi connectivity index (χ2n) is 5.69. The normalized spacial score (nSPS) is 11.7. The van der Waals surface area contributed by atoms with E-state index in [0.717, 1.165) is 17.2 Å². The topological polar surface area (TPSA) is 140 Å². The van der Waals surface area contributed by atoms with Crippen LogP contribution in [-0.4, -0.2) is 45.3 Å². The second kappa shape index (κ2) is 5.85. The maximum Gasteiger partial charge on any atom is 0.220 e. The fourth-order valence-corrected chi connectivity index (χ4v) is 3.68. The van der Waals surface area contributed by atoms with Gasteiger partial charge in [-0.05, 0) is 28.5 Å². The number of nitrogen functional groups attached to an aromatic ring is 1. The molecule has 26 heavy (non-hydrogen) atoms. The van der Waals surface area contributed by atoms with E-state index in [1.54, 1.807) is 18.3 Å². The van der Waals surface area contributed by atoms with Gasteiger partial charge in [0, 0.05) is 23.4 Å². The zero-order chi connectivity index (χ0) is 18.3. The number of rotatable bonds is 3. The van der Waals surface area contributed by atoms with Gasteiger partial charge in [0.1, 0.15) is 0 Å². The average Bonchev–Trinajstić information content (AvgIpc) is 3.14. The van der Waals surface area contributed by atoms with Crippen molar-refractivity contribution in [1.29, 1.82) is 0 Å². The SMILES string of the molecule is CS(=O)(=O)c1cccc(-c2ccc3cnc(N)nc3c2)c1-c1nn[nH]n1. The molecule has 0 amide bonds. The lowest BCUT2D eigenvalue weighted by Gasteiger charge is -2.12. The molecule has 3 N–H and O–H groups in total. The zero-order valence-corrected chi connectivity index (χ0v) is 14.4. The van der Waals surface area contributed by atoms with Crippen LogP contribution in [0.2, 0.25) is 0 Å². The van der Waals surface area contributed by atoms with Crippen molar-refractivity contribution in [3.63, 3.8) is 0 Å². The molecule has 9 nitrogen and oxygen atoms in total. The minimum Gasteiger partial charge on any atom is -0.368 e. The molecule has 0 unspecified atom stereocenters. The molecule has 2 aromatic carbocycles. The molecule has 0 aliphatic rings. The number of benzene rings is 2. The summed E-state index contributed by atoms with van der Waals surface area (Å²) >= 11 is 0. The van der Waals surface area contributed by atoms with E-state index < -0.39 is 9.84 Å². The lowest BCUT2D eigenvalue weighted by molar-refractivity contribution is 0.602. The monoisotopic (exact) mass is 367 g/mol. The Morgan fingerprint density at radius 1 is 1.15 bits per heavy atom. The number of sulfone groups is 1.